The standard InChI is InChI=1S/C15H25N3O/c1-15(9-3-2-4-10-15)14-18-17-13(19-14)6-5-11-16-12-7-8-12/h12,16H,2-11H2,1H3. The van der Waals surface area contributed by atoms with Crippen LogP contribution in [0.1, 0.15) is 70.1 Å². The summed E-state index contributed by atoms with van der Waals surface area (Å²) in [6, 6.07) is 0.791. The maximum Gasteiger partial charge on any atom is 0.222 e. The number of nitrogens with one attached hydrogen (secondary N) is 1. The summed E-state index contributed by atoms with van der Waals surface area (Å²) in [5, 5.41) is 12.0. The molecule has 0 amide bonds. The van der Waals surface area contributed by atoms with Crippen LogP contribution in [-0.4, -0.2) is 22.8 Å². The molecule has 0 aliphatic heterocycles. The molecule has 1 N–H and O–H groups in total. The summed E-state index contributed by atoms with van der Waals surface area (Å²) >= 11 is 0. The Morgan fingerprint density at radius 3 is 2.74 bits per heavy atom. The molecule has 19 heavy (non-hydrogen) atoms. The van der Waals surface area contributed by atoms with E-state index in [9.17, 15) is 0 Å². The van der Waals surface area contributed by atoms with Crippen molar-refractivity contribution in [2.75, 3.05) is 6.54 Å². The van der Waals surface area contributed by atoms with Crippen LogP contribution < -0.4 is 5.32 Å². The number of aromatic nitrogens is 2. The van der Waals surface area contributed by atoms with Crippen molar-refractivity contribution in [1.82, 2.24) is 15.5 Å². The molecule has 2 fully saturated rings. The molecule has 0 bridgehead atoms. The van der Waals surface area contributed by atoms with Crippen LogP contribution in [0.25, 0.3) is 0 Å². The SMILES string of the molecule is CC1(c2nnc(CCCNC3CC3)o2)CCCCC1. The molecule has 0 aromatic carbocycles. The summed E-state index contributed by atoms with van der Waals surface area (Å²) in [4.78, 5) is 0. The molecular formula is C15H25N3O. The lowest BCUT2D eigenvalue weighted by Crippen LogP contribution is -2.25. The smallest absolute Gasteiger partial charge is 0.222 e. The third-order valence-electron chi connectivity index (χ3n) is 4.52. The first-order valence-electron chi connectivity index (χ1n) is 7.82. The summed E-state index contributed by atoms with van der Waals surface area (Å²) in [7, 11) is 0. The molecular weight excluding hydrogens is 238 g/mol. The van der Waals surface area contributed by atoms with Crippen molar-refractivity contribution in [3.8, 4) is 0 Å². The highest BCUT2D eigenvalue weighted by atomic mass is 16.4. The van der Waals surface area contributed by atoms with Crippen LogP contribution in [0.5, 0.6) is 0 Å². The van der Waals surface area contributed by atoms with E-state index >= 15 is 0 Å². The van der Waals surface area contributed by atoms with Gasteiger partial charge in [0.15, 0.2) is 0 Å². The molecule has 4 nitrogen and oxygen atoms in total. The normalized spacial score (nSPS) is 22.6. The van der Waals surface area contributed by atoms with Gasteiger partial charge >= 0.3 is 0 Å². The highest BCUT2D eigenvalue weighted by Gasteiger charge is 2.34. The molecule has 2 aliphatic carbocycles. The highest BCUT2D eigenvalue weighted by molar-refractivity contribution is 5.03. The minimum absolute atomic E-state index is 0.135. The fourth-order valence-corrected chi connectivity index (χ4v) is 2.98. The Morgan fingerprint density at radius 2 is 2.00 bits per heavy atom. The average Bonchev–Trinajstić information content (AvgIpc) is 3.11. The lowest BCUT2D eigenvalue weighted by molar-refractivity contribution is 0.251. The predicted molar refractivity (Wildman–Crippen MR) is 74.1 cm³/mol. The van der Waals surface area contributed by atoms with Gasteiger partial charge in [-0.2, -0.15) is 0 Å². The lowest BCUT2D eigenvalue weighted by Gasteiger charge is -2.29. The summed E-state index contributed by atoms with van der Waals surface area (Å²) < 4.78 is 5.90. The molecule has 2 saturated carbocycles. The molecule has 0 atom stereocenters. The third-order valence-corrected chi connectivity index (χ3v) is 4.52. The zero-order chi connectivity index (χ0) is 13.1. The second-order valence-corrected chi connectivity index (χ2v) is 6.45. The Morgan fingerprint density at radius 1 is 1.21 bits per heavy atom. The van der Waals surface area contributed by atoms with Gasteiger partial charge in [0, 0.05) is 17.9 Å². The minimum Gasteiger partial charge on any atom is -0.425 e. The minimum atomic E-state index is 0.135. The van der Waals surface area contributed by atoms with Crippen LogP contribution in [0.2, 0.25) is 0 Å². The van der Waals surface area contributed by atoms with Crippen molar-refractivity contribution in [1.29, 1.82) is 0 Å². The summed E-state index contributed by atoms with van der Waals surface area (Å²) in [5.41, 5.74) is 0.135. The van der Waals surface area contributed by atoms with E-state index in [-0.39, 0.29) is 5.41 Å². The molecule has 1 heterocycles. The number of nitrogens with zero attached hydrogens (tertiary/aromatic N) is 2. The van der Waals surface area contributed by atoms with Crippen LogP contribution in [0.4, 0.5) is 0 Å². The second-order valence-electron chi connectivity index (χ2n) is 6.45. The topological polar surface area (TPSA) is 51.0 Å². The second kappa shape index (κ2) is 5.61. The molecule has 1 aromatic rings. The maximum absolute atomic E-state index is 5.90. The largest absolute Gasteiger partial charge is 0.425 e. The van der Waals surface area contributed by atoms with E-state index in [1.807, 2.05) is 0 Å². The fourth-order valence-electron chi connectivity index (χ4n) is 2.98. The van der Waals surface area contributed by atoms with E-state index in [1.165, 1.54) is 44.9 Å². The van der Waals surface area contributed by atoms with Crippen molar-refractivity contribution < 1.29 is 4.42 Å². The first kappa shape index (κ1) is 13.1. The van der Waals surface area contributed by atoms with E-state index in [1.54, 1.807) is 0 Å². The monoisotopic (exact) mass is 263 g/mol. The highest BCUT2D eigenvalue weighted by Crippen LogP contribution is 2.38. The van der Waals surface area contributed by atoms with Crippen molar-refractivity contribution in [2.45, 2.75) is 76.2 Å². The van der Waals surface area contributed by atoms with Crippen LogP contribution in [0, 0.1) is 0 Å². The Balaban J connectivity index is 1.50. The zero-order valence-corrected chi connectivity index (χ0v) is 12.0. The molecule has 3 rings (SSSR count). The van der Waals surface area contributed by atoms with Crippen molar-refractivity contribution >= 4 is 0 Å². The quantitative estimate of drug-likeness (QED) is 0.802. The Hall–Kier alpha value is -0.900. The van der Waals surface area contributed by atoms with Gasteiger partial charge < -0.3 is 9.73 Å². The molecule has 2 aliphatic rings. The lowest BCUT2D eigenvalue weighted by atomic mass is 9.76. The van der Waals surface area contributed by atoms with E-state index in [0.29, 0.717) is 0 Å². The van der Waals surface area contributed by atoms with Gasteiger partial charge in [0.2, 0.25) is 11.8 Å². The maximum atomic E-state index is 5.90. The van der Waals surface area contributed by atoms with Crippen LogP contribution in [0.3, 0.4) is 0 Å². The average molecular weight is 263 g/mol. The van der Waals surface area contributed by atoms with Gasteiger partial charge in [0.25, 0.3) is 0 Å². The molecule has 4 heteroatoms. The number of rotatable bonds is 6. The van der Waals surface area contributed by atoms with Crippen LogP contribution in [-0.2, 0) is 11.8 Å². The predicted octanol–water partition coefficient (Wildman–Crippen LogP) is 2.98. The number of aryl methyl sites for hydroxylation is 1. The van der Waals surface area contributed by atoms with Gasteiger partial charge in [-0.3, -0.25) is 0 Å². The van der Waals surface area contributed by atoms with E-state index < -0.39 is 0 Å². The van der Waals surface area contributed by atoms with Crippen LogP contribution >= 0.6 is 0 Å². The zero-order valence-electron chi connectivity index (χ0n) is 12.0. The van der Waals surface area contributed by atoms with E-state index in [4.69, 9.17) is 4.42 Å². The first-order chi connectivity index (χ1) is 9.26. The van der Waals surface area contributed by atoms with Gasteiger partial charge in [0.1, 0.15) is 0 Å². The van der Waals surface area contributed by atoms with Crippen LogP contribution in [0.15, 0.2) is 4.42 Å². The Bertz CT molecular complexity index is 405. The summed E-state index contributed by atoms with van der Waals surface area (Å²) in [6.45, 7) is 3.34. The van der Waals surface area contributed by atoms with E-state index in [0.717, 1.165) is 37.2 Å². The fraction of sp³-hybridized carbons (Fsp3) is 0.867. The molecule has 0 unspecified atom stereocenters. The van der Waals surface area contributed by atoms with Crippen molar-refractivity contribution in [3.05, 3.63) is 11.8 Å². The van der Waals surface area contributed by atoms with Gasteiger partial charge in [-0.05, 0) is 38.6 Å². The molecule has 106 valence electrons. The number of hydrogen-bond acceptors (Lipinski definition) is 4. The van der Waals surface area contributed by atoms with E-state index in [2.05, 4.69) is 22.4 Å². The van der Waals surface area contributed by atoms with Gasteiger partial charge in [-0.25, -0.2) is 0 Å². The first-order valence-corrected chi connectivity index (χ1v) is 7.82. The van der Waals surface area contributed by atoms with Gasteiger partial charge in [0.05, 0.1) is 0 Å². The number of hydrogen-bond donors (Lipinski definition) is 1. The Labute approximate surface area is 115 Å². The van der Waals surface area contributed by atoms with Crippen molar-refractivity contribution in [3.63, 3.8) is 0 Å². The molecule has 0 radical (unpaired) electrons. The molecule has 0 spiro atoms. The third kappa shape index (κ3) is 3.35. The molecule has 0 saturated heterocycles. The van der Waals surface area contributed by atoms with Gasteiger partial charge in [-0.1, -0.05) is 26.2 Å². The summed E-state index contributed by atoms with van der Waals surface area (Å²) in [6.07, 6.45) is 11.0. The Kier molecular flexibility index (Phi) is 3.87. The van der Waals surface area contributed by atoms with Crippen molar-refractivity contribution in [2.24, 2.45) is 0 Å². The summed E-state index contributed by atoms with van der Waals surface area (Å²) in [5.74, 6) is 1.69. The van der Waals surface area contributed by atoms with Gasteiger partial charge in [-0.15, -0.1) is 10.2 Å². The molecule has 1 aromatic heterocycles.